The molecule has 0 spiro atoms. The number of rotatable bonds is 6. The molecular weight excluding hydrogens is 425 g/mol. The molecule has 3 atom stereocenters. The molecule has 1 aromatic carbocycles. The first kappa shape index (κ1) is 25.4. The van der Waals surface area contributed by atoms with E-state index >= 15 is 0 Å². The quantitative estimate of drug-likeness (QED) is 0.484. The fourth-order valence-corrected chi connectivity index (χ4v) is 3.37. The lowest BCUT2D eigenvalue weighted by Crippen LogP contribution is -2.56. The van der Waals surface area contributed by atoms with Gasteiger partial charge in [0.15, 0.2) is 0 Å². The fraction of sp³-hybridized carbons (Fsp3) is 0.500. The number of benzene rings is 1. The Labute approximate surface area is 185 Å². The summed E-state index contributed by atoms with van der Waals surface area (Å²) in [6, 6.07) is 6.27. The third-order valence-electron chi connectivity index (χ3n) is 5.36. The highest BCUT2D eigenvalue weighted by Crippen LogP contribution is 2.33. The van der Waals surface area contributed by atoms with Crippen molar-refractivity contribution in [1.29, 1.82) is 0 Å². The molecule has 0 bridgehead atoms. The Kier molecular flexibility index (Phi) is 8.82. The first-order chi connectivity index (χ1) is 15.0. The number of carbonyl (C=O) groups excluding carboxylic acids is 1. The van der Waals surface area contributed by atoms with Crippen LogP contribution in [0.3, 0.4) is 0 Å². The number of amides is 1. The minimum Gasteiger partial charge on any atom is -0.406 e. The molecule has 1 aromatic heterocycles. The Balaban J connectivity index is 0.000000258. The van der Waals surface area contributed by atoms with Crippen LogP contribution in [0.1, 0.15) is 49.5 Å². The third-order valence-corrected chi connectivity index (χ3v) is 5.36. The van der Waals surface area contributed by atoms with Crippen molar-refractivity contribution < 1.29 is 27.9 Å². The van der Waals surface area contributed by atoms with Crippen molar-refractivity contribution in [3.8, 4) is 5.75 Å². The molecule has 1 amide bonds. The van der Waals surface area contributed by atoms with E-state index in [1.807, 2.05) is 0 Å². The molecular formula is C22H29F3N4O3. The van der Waals surface area contributed by atoms with Crippen LogP contribution in [-0.2, 0) is 0 Å². The minimum absolute atomic E-state index is 0.178. The Morgan fingerprint density at radius 2 is 2.00 bits per heavy atom. The van der Waals surface area contributed by atoms with Crippen molar-refractivity contribution in [2.75, 3.05) is 11.4 Å². The second-order valence-electron chi connectivity index (χ2n) is 8.02. The normalized spacial score (nSPS) is 18.7. The monoisotopic (exact) mass is 454 g/mol. The Morgan fingerprint density at radius 3 is 2.50 bits per heavy atom. The molecule has 7 nitrogen and oxygen atoms in total. The number of nitrogens with zero attached hydrogens (tertiary/aromatic N) is 3. The number of halogens is 3. The van der Waals surface area contributed by atoms with Gasteiger partial charge in [-0.05, 0) is 42.9 Å². The van der Waals surface area contributed by atoms with Crippen LogP contribution in [0.2, 0.25) is 0 Å². The minimum atomic E-state index is -4.60. The lowest BCUT2D eigenvalue weighted by atomic mass is 9.83. The second-order valence-corrected chi connectivity index (χ2v) is 8.02. The van der Waals surface area contributed by atoms with E-state index in [4.69, 9.17) is 5.21 Å². The SMILES string of the molecule is CCC(C)CC1C(C)CN1c1ncc(C(=O)NO)cn1.Cc1cccc(OC(F)(F)F)c1. The van der Waals surface area contributed by atoms with E-state index in [1.54, 1.807) is 18.5 Å². The maximum absolute atomic E-state index is 11.7. The summed E-state index contributed by atoms with van der Waals surface area (Å²) >= 11 is 0. The Morgan fingerprint density at radius 1 is 1.34 bits per heavy atom. The molecule has 176 valence electrons. The van der Waals surface area contributed by atoms with Crippen LogP contribution in [0.15, 0.2) is 36.7 Å². The highest BCUT2D eigenvalue weighted by molar-refractivity contribution is 5.92. The van der Waals surface area contributed by atoms with E-state index in [0.29, 0.717) is 23.8 Å². The van der Waals surface area contributed by atoms with Gasteiger partial charge in [0, 0.05) is 25.0 Å². The highest BCUT2D eigenvalue weighted by Gasteiger charge is 2.37. The lowest BCUT2D eigenvalue weighted by Gasteiger charge is -2.47. The number of aryl methyl sites for hydroxylation is 1. The van der Waals surface area contributed by atoms with Gasteiger partial charge in [-0.2, -0.15) is 0 Å². The van der Waals surface area contributed by atoms with Crippen molar-refractivity contribution in [2.24, 2.45) is 11.8 Å². The van der Waals surface area contributed by atoms with Gasteiger partial charge >= 0.3 is 6.36 Å². The molecule has 1 aliphatic rings. The molecule has 2 heterocycles. The van der Waals surface area contributed by atoms with Crippen LogP contribution in [0.4, 0.5) is 19.1 Å². The van der Waals surface area contributed by atoms with E-state index < -0.39 is 12.3 Å². The largest absolute Gasteiger partial charge is 0.573 e. The molecule has 0 saturated carbocycles. The summed E-state index contributed by atoms with van der Waals surface area (Å²) in [6.45, 7) is 9.36. The van der Waals surface area contributed by atoms with Gasteiger partial charge in [0.25, 0.3) is 5.91 Å². The standard InChI is InChI=1S/C14H22N4O2.C8H7F3O/c1-4-9(2)5-12-10(3)8-18(12)14-15-6-11(7-16-14)13(19)17-20;1-6-3-2-4-7(5-6)12-8(9,10)11/h6-7,9-10,12,20H,4-5,8H2,1-3H3,(H,17,19);2-5H,1H3. The van der Waals surface area contributed by atoms with Gasteiger partial charge in [-0.15, -0.1) is 13.2 Å². The van der Waals surface area contributed by atoms with E-state index in [9.17, 15) is 18.0 Å². The average Bonchev–Trinajstić information content (AvgIpc) is 2.74. The summed E-state index contributed by atoms with van der Waals surface area (Å²) in [5, 5.41) is 8.56. The van der Waals surface area contributed by atoms with Gasteiger partial charge in [-0.1, -0.05) is 39.3 Å². The van der Waals surface area contributed by atoms with E-state index in [2.05, 4.69) is 40.4 Å². The zero-order chi connectivity index (χ0) is 23.9. The molecule has 0 aliphatic carbocycles. The maximum Gasteiger partial charge on any atom is 0.573 e. The van der Waals surface area contributed by atoms with Crippen molar-refractivity contribution in [2.45, 2.75) is 52.9 Å². The number of alkyl halides is 3. The predicted octanol–water partition coefficient (Wildman–Crippen LogP) is 4.75. The van der Waals surface area contributed by atoms with E-state index in [0.717, 1.165) is 18.5 Å². The summed E-state index contributed by atoms with van der Waals surface area (Å²) in [6.07, 6.45) is 0.593. The molecule has 1 aliphatic heterocycles. The molecule has 32 heavy (non-hydrogen) atoms. The van der Waals surface area contributed by atoms with E-state index in [-0.39, 0.29) is 11.3 Å². The number of carbonyl (C=O) groups is 1. The van der Waals surface area contributed by atoms with Crippen LogP contribution in [0.5, 0.6) is 5.75 Å². The smallest absolute Gasteiger partial charge is 0.406 e. The summed E-state index contributed by atoms with van der Waals surface area (Å²) in [5.74, 6) is 1.22. The molecule has 0 radical (unpaired) electrons. The number of anilines is 1. The first-order valence-electron chi connectivity index (χ1n) is 10.4. The average molecular weight is 454 g/mol. The summed E-state index contributed by atoms with van der Waals surface area (Å²) < 4.78 is 38.6. The van der Waals surface area contributed by atoms with Crippen molar-refractivity contribution in [1.82, 2.24) is 15.4 Å². The topological polar surface area (TPSA) is 87.6 Å². The van der Waals surface area contributed by atoms with Gasteiger partial charge < -0.3 is 9.64 Å². The molecule has 3 unspecified atom stereocenters. The third kappa shape index (κ3) is 7.37. The maximum atomic E-state index is 11.7. The van der Waals surface area contributed by atoms with Gasteiger partial charge in [0.05, 0.1) is 5.56 Å². The number of hydroxylamine groups is 1. The number of aromatic nitrogens is 2. The number of hydrogen-bond donors (Lipinski definition) is 2. The van der Waals surface area contributed by atoms with Gasteiger partial charge in [0.1, 0.15) is 5.75 Å². The molecule has 2 aromatic rings. The van der Waals surface area contributed by atoms with Crippen LogP contribution >= 0.6 is 0 Å². The van der Waals surface area contributed by atoms with E-state index in [1.165, 1.54) is 37.0 Å². The van der Waals surface area contributed by atoms with Crippen LogP contribution in [0.25, 0.3) is 0 Å². The van der Waals surface area contributed by atoms with Gasteiger partial charge in [-0.25, -0.2) is 15.4 Å². The second kappa shape index (κ2) is 11.1. The highest BCUT2D eigenvalue weighted by atomic mass is 19.4. The first-order valence-corrected chi connectivity index (χ1v) is 10.4. The number of hydrogen-bond acceptors (Lipinski definition) is 6. The molecule has 3 rings (SSSR count). The molecule has 2 N–H and O–H groups in total. The lowest BCUT2D eigenvalue weighted by molar-refractivity contribution is -0.274. The van der Waals surface area contributed by atoms with Crippen molar-refractivity contribution in [3.05, 3.63) is 47.8 Å². The zero-order valence-corrected chi connectivity index (χ0v) is 18.6. The summed E-state index contributed by atoms with van der Waals surface area (Å²) in [4.78, 5) is 21.9. The zero-order valence-electron chi connectivity index (χ0n) is 18.6. The fourth-order valence-electron chi connectivity index (χ4n) is 3.37. The predicted molar refractivity (Wildman–Crippen MR) is 114 cm³/mol. The van der Waals surface area contributed by atoms with Crippen LogP contribution < -0.4 is 15.1 Å². The number of nitrogens with one attached hydrogen (secondary N) is 1. The Bertz CT molecular complexity index is 877. The van der Waals surface area contributed by atoms with Crippen LogP contribution in [0, 0.1) is 18.8 Å². The van der Waals surface area contributed by atoms with Gasteiger partial charge in [-0.3, -0.25) is 10.0 Å². The van der Waals surface area contributed by atoms with Gasteiger partial charge in [0.2, 0.25) is 5.95 Å². The summed E-state index contributed by atoms with van der Waals surface area (Å²) in [5.41, 5.74) is 2.56. The molecule has 10 heteroatoms. The van der Waals surface area contributed by atoms with Crippen molar-refractivity contribution in [3.63, 3.8) is 0 Å². The summed E-state index contributed by atoms with van der Waals surface area (Å²) in [7, 11) is 0. The van der Waals surface area contributed by atoms with Crippen LogP contribution in [-0.4, -0.2) is 40.0 Å². The Hall–Kier alpha value is -2.88. The number of ether oxygens (including phenoxy) is 1. The molecule has 1 fully saturated rings. The van der Waals surface area contributed by atoms with Crippen molar-refractivity contribution >= 4 is 11.9 Å². The molecule has 1 saturated heterocycles.